The van der Waals surface area contributed by atoms with E-state index in [-0.39, 0.29) is 12.4 Å². The molecule has 0 bridgehead atoms. The van der Waals surface area contributed by atoms with Gasteiger partial charge in [-0.15, -0.1) is 0 Å². The van der Waals surface area contributed by atoms with Crippen molar-refractivity contribution < 1.29 is 19.1 Å². The molecule has 2 N–H and O–H groups in total. The van der Waals surface area contributed by atoms with Crippen molar-refractivity contribution in [1.29, 1.82) is 0 Å². The van der Waals surface area contributed by atoms with E-state index in [0.717, 1.165) is 5.56 Å². The summed E-state index contributed by atoms with van der Waals surface area (Å²) in [5.74, 6) is -2.05. The van der Waals surface area contributed by atoms with E-state index < -0.39 is 17.3 Å². The molecule has 0 spiro atoms. The van der Waals surface area contributed by atoms with Gasteiger partial charge in [-0.1, -0.05) is 12.1 Å². The van der Waals surface area contributed by atoms with Crippen LogP contribution in [0.4, 0.5) is 4.39 Å². The molecule has 0 heterocycles. The first kappa shape index (κ1) is 14.2. The number of aliphatic carboxylic acids is 1. The van der Waals surface area contributed by atoms with Crippen LogP contribution in [0, 0.1) is 11.2 Å². The molecular weight excluding hydrogens is 237 g/mol. The molecule has 18 heavy (non-hydrogen) atoms. The van der Waals surface area contributed by atoms with Crippen LogP contribution in [-0.2, 0) is 16.0 Å². The molecule has 0 fully saturated rings. The molecule has 0 aliphatic heterocycles. The molecule has 0 aliphatic rings. The summed E-state index contributed by atoms with van der Waals surface area (Å²) in [5, 5.41) is 11.4. The first-order valence-corrected chi connectivity index (χ1v) is 5.60. The van der Waals surface area contributed by atoms with Crippen molar-refractivity contribution in [3.05, 3.63) is 35.6 Å². The van der Waals surface area contributed by atoms with Crippen LogP contribution >= 0.6 is 0 Å². The van der Waals surface area contributed by atoms with Crippen LogP contribution in [0.3, 0.4) is 0 Å². The van der Waals surface area contributed by atoms with Gasteiger partial charge in [-0.3, -0.25) is 9.59 Å². The summed E-state index contributed by atoms with van der Waals surface area (Å²) < 4.78 is 12.9. The summed E-state index contributed by atoms with van der Waals surface area (Å²) in [5.41, 5.74) is -0.703. The second kappa shape index (κ2) is 5.62. The Hall–Kier alpha value is -1.91. The highest BCUT2D eigenvalue weighted by Gasteiger charge is 2.35. The number of rotatable bonds is 5. The van der Waals surface area contributed by atoms with Crippen LogP contribution in [0.2, 0.25) is 0 Å². The fourth-order valence-corrected chi connectivity index (χ4v) is 1.33. The van der Waals surface area contributed by atoms with Crippen LogP contribution in [0.1, 0.15) is 19.4 Å². The average molecular weight is 253 g/mol. The third kappa shape index (κ3) is 3.55. The number of amides is 1. The second-order valence-electron chi connectivity index (χ2n) is 4.57. The molecule has 0 aliphatic carbocycles. The maximum atomic E-state index is 12.9. The minimum absolute atomic E-state index is 0.277. The second-order valence-corrected chi connectivity index (χ2v) is 4.57. The van der Waals surface area contributed by atoms with E-state index in [4.69, 9.17) is 5.11 Å². The summed E-state index contributed by atoms with van der Waals surface area (Å²) in [6.07, 6.45) is 0.458. The summed E-state index contributed by atoms with van der Waals surface area (Å²) in [4.78, 5) is 22.4. The highest BCUT2D eigenvalue weighted by atomic mass is 19.1. The Kier molecular flexibility index (Phi) is 4.42. The maximum absolute atomic E-state index is 12.9. The lowest BCUT2D eigenvalue weighted by molar-refractivity contribution is -0.153. The van der Waals surface area contributed by atoms with E-state index >= 15 is 0 Å². The number of carboxylic acids is 1. The number of nitrogens with one attached hydrogen (secondary N) is 1. The Bertz CT molecular complexity index is 457. The fraction of sp³-hybridized carbons (Fsp3) is 0.385. The van der Waals surface area contributed by atoms with Gasteiger partial charge in [0.05, 0.1) is 0 Å². The van der Waals surface area contributed by atoms with Crippen molar-refractivity contribution >= 4 is 11.9 Å². The molecule has 0 unspecified atom stereocenters. The third-order valence-electron chi connectivity index (χ3n) is 2.69. The lowest BCUT2D eigenvalue weighted by Gasteiger charge is -2.18. The number of carboxylic acid groups (broad SMARTS) is 1. The number of halogens is 1. The van der Waals surface area contributed by atoms with Crippen LogP contribution < -0.4 is 5.32 Å². The van der Waals surface area contributed by atoms with Crippen LogP contribution in [0.15, 0.2) is 24.3 Å². The third-order valence-corrected chi connectivity index (χ3v) is 2.69. The van der Waals surface area contributed by atoms with Crippen molar-refractivity contribution in [3.63, 3.8) is 0 Å². The summed E-state index contributed by atoms with van der Waals surface area (Å²) in [6, 6.07) is 6.06. The average Bonchev–Trinajstić information content (AvgIpc) is 2.28. The number of carbonyl (C=O) groups excluding carboxylic acids is 1. The van der Waals surface area contributed by atoms with Gasteiger partial charge in [0, 0.05) is 6.54 Å². The van der Waals surface area contributed by atoms with Crippen LogP contribution in [0.25, 0.3) is 0 Å². The first-order valence-electron chi connectivity index (χ1n) is 5.60. The number of hydrogen-bond donors (Lipinski definition) is 2. The molecule has 4 nitrogen and oxygen atoms in total. The van der Waals surface area contributed by atoms with Crippen molar-refractivity contribution in [1.82, 2.24) is 5.32 Å². The standard InChI is InChI=1S/C13H16FNO3/c1-13(2,12(17)18)11(16)15-7-6-9-4-3-5-10(14)8-9/h3-5,8H,6-7H2,1-2H3,(H,15,16)(H,17,18). The van der Waals surface area contributed by atoms with E-state index in [2.05, 4.69) is 5.32 Å². The van der Waals surface area contributed by atoms with Gasteiger partial charge in [0.25, 0.3) is 0 Å². The predicted molar refractivity (Wildman–Crippen MR) is 64.5 cm³/mol. The van der Waals surface area contributed by atoms with E-state index in [1.54, 1.807) is 12.1 Å². The van der Waals surface area contributed by atoms with Gasteiger partial charge in [-0.2, -0.15) is 0 Å². The van der Waals surface area contributed by atoms with Gasteiger partial charge in [0.15, 0.2) is 0 Å². The van der Waals surface area contributed by atoms with Crippen LogP contribution in [0.5, 0.6) is 0 Å². The van der Waals surface area contributed by atoms with Gasteiger partial charge in [-0.05, 0) is 38.0 Å². The number of hydrogen-bond acceptors (Lipinski definition) is 2. The van der Waals surface area contributed by atoms with Crippen molar-refractivity contribution in [2.75, 3.05) is 6.54 Å². The molecule has 1 aromatic carbocycles. The van der Waals surface area contributed by atoms with Crippen molar-refractivity contribution in [2.45, 2.75) is 20.3 Å². The predicted octanol–water partition coefficient (Wildman–Crippen LogP) is 1.60. The van der Waals surface area contributed by atoms with Gasteiger partial charge in [-0.25, -0.2) is 4.39 Å². The molecule has 98 valence electrons. The minimum Gasteiger partial charge on any atom is -0.480 e. The Labute approximate surface area is 105 Å². The highest BCUT2D eigenvalue weighted by Crippen LogP contribution is 2.14. The summed E-state index contributed by atoms with van der Waals surface area (Å²) in [6.45, 7) is 2.96. The highest BCUT2D eigenvalue weighted by molar-refractivity contribution is 6.00. The molecule has 1 amide bonds. The van der Waals surface area contributed by atoms with E-state index in [9.17, 15) is 14.0 Å². The molecule has 1 rings (SSSR count). The van der Waals surface area contributed by atoms with E-state index in [1.807, 2.05) is 0 Å². The molecule has 0 saturated heterocycles. The molecule has 0 aromatic heterocycles. The molecule has 0 radical (unpaired) electrons. The normalized spacial score (nSPS) is 11.1. The molecule has 0 atom stereocenters. The Balaban J connectivity index is 2.48. The quantitative estimate of drug-likeness (QED) is 0.783. The largest absolute Gasteiger partial charge is 0.480 e. The SMILES string of the molecule is CC(C)(C(=O)O)C(=O)NCCc1cccc(F)c1. The molecule has 1 aromatic rings. The Morgan fingerprint density at radius 2 is 2.06 bits per heavy atom. The van der Waals surface area contributed by atoms with E-state index in [1.165, 1.54) is 26.0 Å². The monoisotopic (exact) mass is 253 g/mol. The van der Waals surface area contributed by atoms with Gasteiger partial charge >= 0.3 is 5.97 Å². The Morgan fingerprint density at radius 1 is 1.39 bits per heavy atom. The van der Waals surface area contributed by atoms with E-state index in [0.29, 0.717) is 6.42 Å². The molecule has 5 heteroatoms. The molecular formula is C13H16FNO3. The number of carbonyl (C=O) groups is 2. The smallest absolute Gasteiger partial charge is 0.318 e. The zero-order valence-corrected chi connectivity index (χ0v) is 10.4. The Morgan fingerprint density at radius 3 is 2.61 bits per heavy atom. The van der Waals surface area contributed by atoms with Gasteiger partial charge < -0.3 is 10.4 Å². The molecule has 0 saturated carbocycles. The zero-order chi connectivity index (χ0) is 13.8. The number of benzene rings is 1. The first-order chi connectivity index (χ1) is 8.34. The minimum atomic E-state index is -1.46. The van der Waals surface area contributed by atoms with Crippen LogP contribution in [-0.4, -0.2) is 23.5 Å². The fourth-order valence-electron chi connectivity index (χ4n) is 1.33. The maximum Gasteiger partial charge on any atom is 0.318 e. The summed E-state index contributed by atoms with van der Waals surface area (Å²) in [7, 11) is 0. The van der Waals surface area contributed by atoms with Crippen molar-refractivity contribution in [3.8, 4) is 0 Å². The lowest BCUT2D eigenvalue weighted by atomic mass is 9.92. The summed E-state index contributed by atoms with van der Waals surface area (Å²) >= 11 is 0. The topological polar surface area (TPSA) is 66.4 Å². The van der Waals surface area contributed by atoms with Gasteiger partial charge in [0.1, 0.15) is 11.2 Å². The van der Waals surface area contributed by atoms with Crippen molar-refractivity contribution in [2.24, 2.45) is 5.41 Å². The van der Waals surface area contributed by atoms with Gasteiger partial charge in [0.2, 0.25) is 5.91 Å². The lowest BCUT2D eigenvalue weighted by Crippen LogP contribution is -2.43. The zero-order valence-electron chi connectivity index (χ0n) is 10.4.